The highest BCUT2D eigenvalue weighted by Gasteiger charge is 2.35. The lowest BCUT2D eigenvalue weighted by Crippen LogP contribution is -2.36. The van der Waals surface area contributed by atoms with Crippen LogP contribution in [0.3, 0.4) is 0 Å². The van der Waals surface area contributed by atoms with Crippen molar-refractivity contribution in [3.8, 4) is 5.75 Å². The van der Waals surface area contributed by atoms with E-state index >= 15 is 0 Å². The molecule has 0 aromatic heterocycles. The van der Waals surface area contributed by atoms with E-state index in [-0.39, 0.29) is 11.3 Å². The van der Waals surface area contributed by atoms with E-state index in [9.17, 15) is 18.0 Å². The molecule has 2 aliphatic heterocycles. The third-order valence-corrected chi connectivity index (χ3v) is 5.75. The fourth-order valence-corrected chi connectivity index (χ4v) is 4.24. The second-order valence-electron chi connectivity index (χ2n) is 6.59. The molecule has 1 amide bonds. The molecule has 0 radical (unpaired) electrons. The lowest BCUT2D eigenvalue weighted by atomic mass is 10.00. The summed E-state index contributed by atoms with van der Waals surface area (Å²) < 4.78 is 45.2. The highest BCUT2D eigenvalue weighted by molar-refractivity contribution is 14.1. The molecule has 6 nitrogen and oxygen atoms in total. The quantitative estimate of drug-likeness (QED) is 0.613. The Labute approximate surface area is 178 Å². The molecule has 0 unspecified atom stereocenters. The van der Waals surface area contributed by atoms with Crippen LogP contribution in [0, 0.1) is 3.57 Å². The average molecular weight is 516 g/mol. The van der Waals surface area contributed by atoms with E-state index < -0.39 is 17.6 Å². The molecule has 10 heteroatoms. The monoisotopic (exact) mass is 516 g/mol. The van der Waals surface area contributed by atoms with Crippen molar-refractivity contribution in [2.24, 2.45) is 5.10 Å². The topological polar surface area (TPSA) is 75.9 Å². The van der Waals surface area contributed by atoms with Crippen LogP contribution in [0.25, 0.3) is 0 Å². The number of nitrogens with one attached hydrogen (secondary N) is 2. The molecule has 0 saturated carbocycles. The van der Waals surface area contributed by atoms with Crippen LogP contribution in [-0.2, 0) is 19.1 Å². The highest BCUT2D eigenvalue weighted by Crippen LogP contribution is 2.35. The summed E-state index contributed by atoms with van der Waals surface area (Å²) in [4.78, 5) is 14.6. The van der Waals surface area contributed by atoms with Crippen LogP contribution in [-0.4, -0.2) is 25.5 Å². The second kappa shape index (κ2) is 7.48. The average Bonchev–Trinajstić information content (AvgIpc) is 3.52. The number of methoxy groups -OCH3 is 1. The summed E-state index contributed by atoms with van der Waals surface area (Å²) in [5.41, 5.74) is 4.70. The molecule has 0 bridgehead atoms. The van der Waals surface area contributed by atoms with E-state index in [0.29, 0.717) is 18.2 Å². The van der Waals surface area contributed by atoms with E-state index in [1.165, 1.54) is 17.6 Å². The van der Waals surface area contributed by atoms with Crippen LogP contribution >= 0.6 is 22.6 Å². The molecule has 0 spiro atoms. The number of hydrazone groups is 1. The Morgan fingerprint density at radius 1 is 1.28 bits per heavy atom. The minimum Gasteiger partial charge on any atom is -0.496 e. The maximum absolute atomic E-state index is 13.3. The predicted molar refractivity (Wildman–Crippen MR) is 110 cm³/mol. The summed E-state index contributed by atoms with van der Waals surface area (Å²) in [5.74, 6) is -0.347. The van der Waals surface area contributed by atoms with Gasteiger partial charge >= 0.3 is 6.18 Å². The summed E-state index contributed by atoms with van der Waals surface area (Å²) in [6.07, 6.45) is -3.63. The Kier molecular flexibility index (Phi) is 5.15. The number of hydrogen-bond donors (Lipinski definition) is 2. The van der Waals surface area contributed by atoms with Crippen molar-refractivity contribution in [1.82, 2.24) is 10.7 Å². The van der Waals surface area contributed by atoms with Gasteiger partial charge in [-0.25, -0.2) is 10.3 Å². The predicted octanol–water partition coefficient (Wildman–Crippen LogP) is 3.49. The zero-order valence-electron chi connectivity index (χ0n) is 15.2. The number of amides is 1. The smallest absolute Gasteiger partial charge is 0.416 e. The van der Waals surface area contributed by atoms with Gasteiger partial charge in [-0.3, -0.25) is 4.79 Å². The van der Waals surface area contributed by atoms with Crippen molar-refractivity contribution < 1.29 is 22.7 Å². The fraction of sp³-hybridized carbons (Fsp3) is 0.263. The largest absolute Gasteiger partial charge is 0.496 e. The molecular weight excluding hydrogens is 500 g/mol. The summed E-state index contributed by atoms with van der Waals surface area (Å²) in [5, 5.41) is 7.21. The number of fused-ring (bicyclic) bond motifs is 1. The summed E-state index contributed by atoms with van der Waals surface area (Å²) in [7, 11) is 1.23. The van der Waals surface area contributed by atoms with Gasteiger partial charge < -0.3 is 10.1 Å². The zero-order valence-corrected chi connectivity index (χ0v) is 17.4. The summed E-state index contributed by atoms with van der Waals surface area (Å²) >= 11 is 2.24. The van der Waals surface area contributed by atoms with Crippen LogP contribution in [0.2, 0.25) is 0 Å². The first-order valence-corrected chi connectivity index (χ1v) is 9.83. The van der Waals surface area contributed by atoms with E-state index in [2.05, 4.69) is 38.4 Å². The number of anilines is 1. The lowest BCUT2D eigenvalue weighted by molar-refractivity contribution is -0.137. The van der Waals surface area contributed by atoms with Crippen LogP contribution in [0.4, 0.5) is 18.9 Å². The normalized spacial score (nSPS) is 15.1. The number of carbonyl (C=O) groups is 1. The second-order valence-corrected chi connectivity index (χ2v) is 7.75. The van der Waals surface area contributed by atoms with E-state index in [1.54, 1.807) is 0 Å². The van der Waals surface area contributed by atoms with Gasteiger partial charge in [-0.15, -0.1) is 5.10 Å². The number of halogens is 4. The molecule has 2 heterocycles. The van der Waals surface area contributed by atoms with Gasteiger partial charge in [0.25, 0.3) is 5.91 Å². The Morgan fingerprint density at radius 2 is 2.03 bits per heavy atom. The molecule has 29 heavy (non-hydrogen) atoms. The number of rotatable bonds is 3. The van der Waals surface area contributed by atoms with Crippen molar-refractivity contribution in [2.75, 3.05) is 18.6 Å². The first kappa shape index (κ1) is 20.0. The maximum atomic E-state index is 13.3. The van der Waals surface area contributed by atoms with Gasteiger partial charge in [0.05, 0.1) is 23.9 Å². The Hall–Kier alpha value is -2.34. The third-order valence-electron chi connectivity index (χ3n) is 4.78. The minimum atomic E-state index is -4.53. The molecule has 2 N–H and O–H groups in total. The van der Waals surface area contributed by atoms with Crippen molar-refractivity contribution in [2.45, 2.75) is 19.1 Å². The highest BCUT2D eigenvalue weighted by atomic mass is 127. The molecule has 0 atom stereocenters. The van der Waals surface area contributed by atoms with Gasteiger partial charge in [0.15, 0.2) is 0 Å². The minimum absolute atomic E-state index is 0.0164. The lowest BCUT2D eigenvalue weighted by Gasteiger charge is -2.24. The third kappa shape index (κ3) is 3.90. The fourth-order valence-electron chi connectivity index (χ4n) is 3.31. The SMILES string of the molecule is COc1cc(C(F)(F)F)ccc1C(=O)N(C1=NN1)c1cc(I)c2c(c1)CNCC2. The first-order chi connectivity index (χ1) is 13.8. The van der Waals surface area contributed by atoms with Gasteiger partial charge in [0, 0.05) is 10.1 Å². The Bertz CT molecular complexity index is 1020. The van der Waals surface area contributed by atoms with Crippen LogP contribution in [0.5, 0.6) is 5.75 Å². The van der Waals surface area contributed by atoms with Crippen LogP contribution in [0.15, 0.2) is 35.4 Å². The number of alkyl halides is 3. The molecule has 2 aromatic carbocycles. The molecule has 152 valence electrons. The van der Waals surface area contributed by atoms with Crippen molar-refractivity contribution in [1.29, 1.82) is 0 Å². The van der Waals surface area contributed by atoms with Crippen molar-refractivity contribution in [3.05, 3.63) is 56.2 Å². The van der Waals surface area contributed by atoms with Crippen molar-refractivity contribution in [3.63, 3.8) is 0 Å². The van der Waals surface area contributed by atoms with E-state index in [4.69, 9.17) is 4.74 Å². The number of benzene rings is 2. The van der Waals surface area contributed by atoms with Crippen LogP contribution in [0.1, 0.15) is 27.0 Å². The Morgan fingerprint density at radius 3 is 2.69 bits per heavy atom. The first-order valence-electron chi connectivity index (χ1n) is 8.75. The molecule has 2 aliphatic rings. The number of guanidine groups is 1. The zero-order chi connectivity index (χ0) is 20.8. The van der Waals surface area contributed by atoms with Gasteiger partial charge in [0.2, 0.25) is 5.96 Å². The molecule has 0 fully saturated rings. The molecule has 4 rings (SSSR count). The number of carbonyl (C=O) groups excluding carboxylic acids is 1. The molecule has 0 aliphatic carbocycles. The van der Waals surface area contributed by atoms with Gasteiger partial charge in [0.1, 0.15) is 5.75 Å². The molecule has 0 saturated heterocycles. The Balaban J connectivity index is 1.75. The van der Waals surface area contributed by atoms with E-state index in [1.807, 2.05) is 12.1 Å². The summed E-state index contributed by atoms with van der Waals surface area (Å²) in [6, 6.07) is 6.61. The van der Waals surface area contributed by atoms with Gasteiger partial charge in [-0.05, 0) is 77.0 Å². The van der Waals surface area contributed by atoms with Crippen molar-refractivity contribution >= 4 is 40.1 Å². The number of ether oxygens (including phenoxy) is 1. The number of nitrogens with zero attached hydrogens (tertiary/aromatic N) is 2. The summed E-state index contributed by atoms with van der Waals surface area (Å²) in [6.45, 7) is 1.58. The number of hydrogen-bond acceptors (Lipinski definition) is 5. The standard InChI is InChI=1S/C19H16F3IN4O2/c1-29-16-7-11(19(20,21)22)2-3-14(16)17(28)27(18-25-26-18)12-6-10-9-24-5-4-13(10)15(23)8-12/h2-3,6-8,24H,4-5,9H2,1H3,(H,25,26). The van der Waals surface area contributed by atoms with Gasteiger partial charge in [-0.1, -0.05) is 0 Å². The van der Waals surface area contributed by atoms with E-state index in [0.717, 1.165) is 40.3 Å². The molecular formula is C19H16F3IN4O2. The van der Waals surface area contributed by atoms with Crippen LogP contribution < -0.4 is 20.4 Å². The maximum Gasteiger partial charge on any atom is 0.416 e. The van der Waals surface area contributed by atoms with Gasteiger partial charge in [-0.2, -0.15) is 13.2 Å². The molecule has 2 aromatic rings.